The number of carbonyl (C=O) groups excluding carboxylic acids is 1. The highest BCUT2D eigenvalue weighted by atomic mass is 16.3. The SMILES string of the molecule is CC(=O)NCc1cc2n(n1)CCN(Cc1ccoc1)C2. The predicted octanol–water partition coefficient (Wildman–Crippen LogP) is 1.13. The Balaban J connectivity index is 1.63. The zero-order chi connectivity index (χ0) is 13.9. The lowest BCUT2D eigenvalue weighted by Gasteiger charge is -2.26. The molecule has 2 aromatic rings. The molecule has 1 amide bonds. The van der Waals surface area contributed by atoms with Crippen molar-refractivity contribution in [3.8, 4) is 0 Å². The standard InChI is InChI=1S/C14H18N4O2/c1-11(19)15-7-13-6-14-9-17(3-4-18(14)16-13)8-12-2-5-20-10-12/h2,5-6,10H,3-4,7-9H2,1H3,(H,15,19). The Morgan fingerprint density at radius 2 is 2.40 bits per heavy atom. The number of fused-ring (bicyclic) bond motifs is 1. The Morgan fingerprint density at radius 3 is 3.15 bits per heavy atom. The molecule has 0 unspecified atom stereocenters. The van der Waals surface area contributed by atoms with Crippen LogP contribution >= 0.6 is 0 Å². The van der Waals surface area contributed by atoms with E-state index < -0.39 is 0 Å². The fourth-order valence-electron chi connectivity index (χ4n) is 2.46. The molecule has 0 spiro atoms. The Bertz CT molecular complexity index is 588. The second kappa shape index (κ2) is 5.50. The molecular weight excluding hydrogens is 256 g/mol. The summed E-state index contributed by atoms with van der Waals surface area (Å²) in [5.41, 5.74) is 3.30. The molecule has 6 nitrogen and oxygen atoms in total. The van der Waals surface area contributed by atoms with Gasteiger partial charge in [0.25, 0.3) is 0 Å². The first kappa shape index (κ1) is 12.9. The number of amides is 1. The van der Waals surface area contributed by atoms with Crippen LogP contribution in [0, 0.1) is 0 Å². The van der Waals surface area contributed by atoms with Gasteiger partial charge < -0.3 is 9.73 Å². The molecule has 1 aliphatic rings. The van der Waals surface area contributed by atoms with Crippen molar-refractivity contribution in [2.75, 3.05) is 6.54 Å². The molecule has 0 radical (unpaired) electrons. The van der Waals surface area contributed by atoms with E-state index in [2.05, 4.69) is 21.4 Å². The predicted molar refractivity (Wildman–Crippen MR) is 72.6 cm³/mol. The van der Waals surface area contributed by atoms with E-state index in [1.165, 1.54) is 18.2 Å². The van der Waals surface area contributed by atoms with Crippen molar-refractivity contribution in [1.29, 1.82) is 0 Å². The number of nitrogens with zero attached hydrogens (tertiary/aromatic N) is 3. The molecule has 0 aromatic carbocycles. The zero-order valence-corrected chi connectivity index (χ0v) is 11.5. The summed E-state index contributed by atoms with van der Waals surface area (Å²) in [4.78, 5) is 13.3. The van der Waals surface area contributed by atoms with Gasteiger partial charge in [0.1, 0.15) is 0 Å². The Kier molecular flexibility index (Phi) is 3.56. The van der Waals surface area contributed by atoms with Crippen molar-refractivity contribution in [2.45, 2.75) is 33.1 Å². The van der Waals surface area contributed by atoms with E-state index in [0.29, 0.717) is 6.54 Å². The van der Waals surface area contributed by atoms with Gasteiger partial charge in [0.05, 0.1) is 37.0 Å². The maximum Gasteiger partial charge on any atom is 0.217 e. The van der Waals surface area contributed by atoms with Crippen LogP contribution in [0.4, 0.5) is 0 Å². The third kappa shape index (κ3) is 2.91. The Hall–Kier alpha value is -2.08. The van der Waals surface area contributed by atoms with E-state index in [0.717, 1.165) is 31.9 Å². The molecule has 1 N–H and O–H groups in total. The summed E-state index contributed by atoms with van der Waals surface area (Å²) in [5, 5.41) is 7.29. The van der Waals surface area contributed by atoms with Crippen LogP contribution in [0.2, 0.25) is 0 Å². The van der Waals surface area contributed by atoms with Gasteiger partial charge in [-0.25, -0.2) is 0 Å². The Labute approximate surface area is 117 Å². The minimum absolute atomic E-state index is 0.0300. The van der Waals surface area contributed by atoms with Crippen LogP contribution in [0.15, 0.2) is 29.1 Å². The van der Waals surface area contributed by atoms with Crippen molar-refractivity contribution < 1.29 is 9.21 Å². The first-order chi connectivity index (χ1) is 9.70. The summed E-state index contributed by atoms with van der Waals surface area (Å²) in [6.07, 6.45) is 3.49. The molecular formula is C14H18N4O2. The molecule has 6 heteroatoms. The fraction of sp³-hybridized carbons (Fsp3) is 0.429. The average molecular weight is 274 g/mol. The van der Waals surface area contributed by atoms with E-state index in [-0.39, 0.29) is 5.91 Å². The highest BCUT2D eigenvalue weighted by Crippen LogP contribution is 2.16. The maximum atomic E-state index is 10.9. The lowest BCUT2D eigenvalue weighted by molar-refractivity contribution is -0.119. The van der Waals surface area contributed by atoms with Crippen LogP contribution in [0.5, 0.6) is 0 Å². The van der Waals surface area contributed by atoms with E-state index in [9.17, 15) is 4.79 Å². The van der Waals surface area contributed by atoms with Crippen molar-refractivity contribution in [1.82, 2.24) is 20.0 Å². The van der Waals surface area contributed by atoms with E-state index >= 15 is 0 Å². The molecule has 0 fully saturated rings. The third-order valence-corrected chi connectivity index (χ3v) is 3.43. The molecule has 20 heavy (non-hydrogen) atoms. The number of furan rings is 1. The molecule has 3 heterocycles. The number of nitrogens with one attached hydrogen (secondary N) is 1. The molecule has 106 valence electrons. The van der Waals surface area contributed by atoms with E-state index in [4.69, 9.17) is 4.42 Å². The Morgan fingerprint density at radius 1 is 1.50 bits per heavy atom. The van der Waals surface area contributed by atoms with Gasteiger partial charge in [-0.15, -0.1) is 0 Å². The van der Waals surface area contributed by atoms with Crippen LogP contribution in [0.3, 0.4) is 0 Å². The van der Waals surface area contributed by atoms with Crippen molar-refractivity contribution >= 4 is 5.91 Å². The second-order valence-electron chi connectivity index (χ2n) is 5.10. The van der Waals surface area contributed by atoms with Gasteiger partial charge in [0.15, 0.2) is 0 Å². The maximum absolute atomic E-state index is 10.9. The minimum Gasteiger partial charge on any atom is -0.472 e. The number of aromatic nitrogens is 2. The highest BCUT2D eigenvalue weighted by Gasteiger charge is 2.18. The van der Waals surface area contributed by atoms with Crippen LogP contribution < -0.4 is 5.32 Å². The number of rotatable bonds is 4. The third-order valence-electron chi connectivity index (χ3n) is 3.43. The summed E-state index contributed by atoms with van der Waals surface area (Å²) in [7, 11) is 0. The van der Waals surface area contributed by atoms with Gasteiger partial charge in [-0.1, -0.05) is 0 Å². The lowest BCUT2D eigenvalue weighted by atomic mass is 10.2. The molecule has 0 saturated carbocycles. The van der Waals surface area contributed by atoms with Crippen LogP contribution in [0.25, 0.3) is 0 Å². The summed E-state index contributed by atoms with van der Waals surface area (Å²) in [6.45, 7) is 5.63. The first-order valence-electron chi connectivity index (χ1n) is 6.74. The largest absolute Gasteiger partial charge is 0.472 e. The second-order valence-corrected chi connectivity index (χ2v) is 5.10. The van der Waals surface area contributed by atoms with Crippen LogP contribution in [-0.2, 0) is 31.0 Å². The highest BCUT2D eigenvalue weighted by molar-refractivity contribution is 5.72. The fourth-order valence-corrected chi connectivity index (χ4v) is 2.46. The molecule has 0 atom stereocenters. The summed E-state index contributed by atoms with van der Waals surface area (Å²) < 4.78 is 7.13. The van der Waals surface area contributed by atoms with Gasteiger partial charge in [-0.2, -0.15) is 5.10 Å². The quantitative estimate of drug-likeness (QED) is 0.907. The van der Waals surface area contributed by atoms with Gasteiger partial charge in [-0.3, -0.25) is 14.4 Å². The van der Waals surface area contributed by atoms with Crippen LogP contribution in [0.1, 0.15) is 23.9 Å². The van der Waals surface area contributed by atoms with Crippen molar-refractivity contribution in [3.63, 3.8) is 0 Å². The van der Waals surface area contributed by atoms with Crippen molar-refractivity contribution in [2.24, 2.45) is 0 Å². The van der Waals surface area contributed by atoms with Gasteiger partial charge in [0, 0.05) is 32.1 Å². The van der Waals surface area contributed by atoms with Gasteiger partial charge in [0.2, 0.25) is 5.91 Å². The molecule has 0 aliphatic carbocycles. The summed E-state index contributed by atoms with van der Waals surface area (Å²) >= 11 is 0. The van der Waals surface area contributed by atoms with E-state index in [1.54, 1.807) is 12.5 Å². The number of hydrogen-bond acceptors (Lipinski definition) is 4. The summed E-state index contributed by atoms with van der Waals surface area (Å²) in [6, 6.07) is 4.06. The summed E-state index contributed by atoms with van der Waals surface area (Å²) in [5.74, 6) is -0.0300. The molecule has 2 aromatic heterocycles. The lowest BCUT2D eigenvalue weighted by Crippen LogP contribution is -2.33. The molecule has 0 bridgehead atoms. The average Bonchev–Trinajstić information content (AvgIpc) is 3.04. The van der Waals surface area contributed by atoms with Crippen LogP contribution in [-0.4, -0.2) is 27.1 Å². The smallest absolute Gasteiger partial charge is 0.217 e. The number of hydrogen-bond donors (Lipinski definition) is 1. The molecule has 3 rings (SSSR count). The van der Waals surface area contributed by atoms with Gasteiger partial charge >= 0.3 is 0 Å². The normalized spacial score (nSPS) is 15.1. The van der Waals surface area contributed by atoms with Crippen molar-refractivity contribution in [3.05, 3.63) is 41.6 Å². The van der Waals surface area contributed by atoms with E-state index in [1.807, 2.05) is 10.7 Å². The number of carbonyl (C=O) groups is 1. The zero-order valence-electron chi connectivity index (χ0n) is 11.5. The molecule has 0 saturated heterocycles. The van der Waals surface area contributed by atoms with Gasteiger partial charge in [-0.05, 0) is 12.1 Å². The molecule has 1 aliphatic heterocycles. The minimum atomic E-state index is -0.0300. The topological polar surface area (TPSA) is 63.3 Å². The first-order valence-corrected chi connectivity index (χ1v) is 6.74. The monoisotopic (exact) mass is 274 g/mol.